The summed E-state index contributed by atoms with van der Waals surface area (Å²) in [4.78, 5) is 0. The van der Waals surface area contributed by atoms with E-state index in [1.165, 1.54) is 13.2 Å². The molecule has 1 aromatic rings. The van der Waals surface area contributed by atoms with Crippen molar-refractivity contribution in [3.63, 3.8) is 0 Å². The lowest BCUT2D eigenvalue weighted by molar-refractivity contribution is 0.411. The Bertz CT molecular complexity index is 393. The molecule has 0 heterocycles. The summed E-state index contributed by atoms with van der Waals surface area (Å²) in [6.07, 6.45) is 2.67. The summed E-state index contributed by atoms with van der Waals surface area (Å²) in [7, 11) is 1.51. The summed E-state index contributed by atoms with van der Waals surface area (Å²) in [6, 6.07) is 4.67. The van der Waals surface area contributed by atoms with Crippen molar-refractivity contribution in [2.75, 3.05) is 13.7 Å². The normalized spacial score (nSPS) is 9.44. The van der Waals surface area contributed by atoms with Crippen molar-refractivity contribution in [2.24, 2.45) is 5.73 Å². The third kappa shape index (κ3) is 3.92. The molecule has 0 amide bonds. The standard InChI is InChI=1S/C13H16FNO/c1-16-12-8-7-11(13(14)10-12)6-4-2-3-5-9-15/h7-8,10H,2-3,5,9,15H2,1H3. The molecule has 0 unspecified atom stereocenters. The summed E-state index contributed by atoms with van der Waals surface area (Å²) < 4.78 is 18.3. The quantitative estimate of drug-likeness (QED) is 0.625. The van der Waals surface area contributed by atoms with Crippen LogP contribution in [0.1, 0.15) is 24.8 Å². The number of benzene rings is 1. The number of ether oxygens (including phenoxy) is 1. The van der Waals surface area contributed by atoms with Crippen molar-refractivity contribution in [3.8, 4) is 17.6 Å². The van der Waals surface area contributed by atoms with Gasteiger partial charge in [0.15, 0.2) is 0 Å². The summed E-state index contributed by atoms with van der Waals surface area (Å²) in [5.41, 5.74) is 5.77. The molecule has 0 aliphatic heterocycles. The van der Waals surface area contributed by atoms with Crippen LogP contribution in [0.25, 0.3) is 0 Å². The van der Waals surface area contributed by atoms with Crippen LogP contribution in [0.3, 0.4) is 0 Å². The van der Waals surface area contributed by atoms with Gasteiger partial charge in [0.25, 0.3) is 0 Å². The predicted molar refractivity (Wildman–Crippen MR) is 62.7 cm³/mol. The molecule has 86 valence electrons. The highest BCUT2D eigenvalue weighted by Crippen LogP contribution is 2.15. The van der Waals surface area contributed by atoms with Gasteiger partial charge in [-0.2, -0.15) is 0 Å². The van der Waals surface area contributed by atoms with Crippen molar-refractivity contribution in [2.45, 2.75) is 19.3 Å². The van der Waals surface area contributed by atoms with Crippen LogP contribution in [-0.2, 0) is 0 Å². The molecule has 0 fully saturated rings. The van der Waals surface area contributed by atoms with Crippen molar-refractivity contribution in [3.05, 3.63) is 29.6 Å². The summed E-state index contributed by atoms with van der Waals surface area (Å²) in [6.45, 7) is 0.679. The third-order valence-electron chi connectivity index (χ3n) is 2.16. The Morgan fingerprint density at radius 3 is 2.81 bits per heavy atom. The summed E-state index contributed by atoms with van der Waals surface area (Å²) in [5, 5.41) is 0. The zero-order valence-corrected chi connectivity index (χ0v) is 9.42. The van der Waals surface area contributed by atoms with E-state index in [0.717, 1.165) is 19.3 Å². The first kappa shape index (κ1) is 12.5. The number of unbranched alkanes of at least 4 members (excludes halogenated alkanes) is 2. The maximum atomic E-state index is 13.4. The Morgan fingerprint density at radius 1 is 1.38 bits per heavy atom. The highest BCUT2D eigenvalue weighted by molar-refractivity contribution is 5.39. The first-order valence-electron chi connectivity index (χ1n) is 5.30. The van der Waals surface area contributed by atoms with Gasteiger partial charge in [0.05, 0.1) is 12.7 Å². The largest absolute Gasteiger partial charge is 0.497 e. The van der Waals surface area contributed by atoms with Crippen LogP contribution >= 0.6 is 0 Å². The zero-order valence-electron chi connectivity index (χ0n) is 9.42. The molecule has 0 saturated carbocycles. The minimum Gasteiger partial charge on any atom is -0.497 e. The molecule has 1 rings (SSSR count). The monoisotopic (exact) mass is 221 g/mol. The number of methoxy groups -OCH3 is 1. The van der Waals surface area contributed by atoms with Crippen LogP contribution in [0.15, 0.2) is 18.2 Å². The molecule has 0 bridgehead atoms. The minimum absolute atomic E-state index is 0.342. The number of rotatable bonds is 4. The molecular weight excluding hydrogens is 205 g/mol. The van der Waals surface area contributed by atoms with E-state index in [4.69, 9.17) is 10.5 Å². The van der Waals surface area contributed by atoms with E-state index in [1.54, 1.807) is 12.1 Å². The van der Waals surface area contributed by atoms with E-state index < -0.39 is 0 Å². The molecule has 0 aromatic heterocycles. The molecular formula is C13H16FNO. The summed E-state index contributed by atoms with van der Waals surface area (Å²) in [5.74, 6) is 5.89. The van der Waals surface area contributed by atoms with Gasteiger partial charge in [-0.25, -0.2) is 4.39 Å². The van der Waals surface area contributed by atoms with E-state index in [1.807, 2.05) is 0 Å². The molecule has 3 heteroatoms. The first-order chi connectivity index (χ1) is 7.77. The Hall–Kier alpha value is -1.53. The highest BCUT2D eigenvalue weighted by Gasteiger charge is 2.00. The maximum absolute atomic E-state index is 13.4. The van der Waals surface area contributed by atoms with Gasteiger partial charge in [-0.05, 0) is 31.5 Å². The van der Waals surface area contributed by atoms with Gasteiger partial charge in [0.1, 0.15) is 11.6 Å². The average Bonchev–Trinajstić information content (AvgIpc) is 2.30. The summed E-state index contributed by atoms with van der Waals surface area (Å²) >= 11 is 0. The van der Waals surface area contributed by atoms with E-state index in [0.29, 0.717) is 17.9 Å². The molecule has 0 aliphatic rings. The number of hydrogen-bond donors (Lipinski definition) is 1. The fourth-order valence-electron chi connectivity index (χ4n) is 1.24. The van der Waals surface area contributed by atoms with Gasteiger partial charge < -0.3 is 10.5 Å². The molecule has 2 nitrogen and oxygen atoms in total. The lowest BCUT2D eigenvalue weighted by Gasteiger charge is -1.99. The van der Waals surface area contributed by atoms with Gasteiger partial charge >= 0.3 is 0 Å². The SMILES string of the molecule is COc1ccc(C#CCCCCN)c(F)c1. The number of hydrogen-bond acceptors (Lipinski definition) is 2. The lowest BCUT2D eigenvalue weighted by atomic mass is 10.2. The maximum Gasteiger partial charge on any atom is 0.142 e. The fraction of sp³-hybridized carbons (Fsp3) is 0.385. The van der Waals surface area contributed by atoms with Crippen molar-refractivity contribution in [1.82, 2.24) is 0 Å². The first-order valence-corrected chi connectivity index (χ1v) is 5.30. The van der Waals surface area contributed by atoms with Gasteiger partial charge in [0, 0.05) is 12.5 Å². The smallest absolute Gasteiger partial charge is 0.142 e. The minimum atomic E-state index is -0.342. The van der Waals surface area contributed by atoms with Crippen molar-refractivity contribution >= 4 is 0 Å². The second-order valence-corrected chi connectivity index (χ2v) is 3.39. The molecule has 0 spiro atoms. The van der Waals surface area contributed by atoms with E-state index >= 15 is 0 Å². The van der Waals surface area contributed by atoms with Crippen LogP contribution in [-0.4, -0.2) is 13.7 Å². The van der Waals surface area contributed by atoms with Crippen molar-refractivity contribution in [1.29, 1.82) is 0 Å². The lowest BCUT2D eigenvalue weighted by Crippen LogP contribution is -1.97. The fourth-order valence-corrected chi connectivity index (χ4v) is 1.24. The van der Waals surface area contributed by atoms with Gasteiger partial charge in [-0.3, -0.25) is 0 Å². The van der Waals surface area contributed by atoms with Crippen molar-refractivity contribution < 1.29 is 9.13 Å². The predicted octanol–water partition coefficient (Wildman–Crippen LogP) is 2.31. The number of nitrogens with two attached hydrogens (primary N) is 1. The second kappa shape index (κ2) is 6.86. The van der Waals surface area contributed by atoms with Crippen LogP contribution in [0, 0.1) is 17.7 Å². The van der Waals surface area contributed by atoms with Crippen LogP contribution in [0.5, 0.6) is 5.75 Å². The Kier molecular flexibility index (Phi) is 5.38. The molecule has 0 atom stereocenters. The van der Waals surface area contributed by atoms with Gasteiger partial charge in [-0.15, -0.1) is 0 Å². The zero-order chi connectivity index (χ0) is 11.8. The topological polar surface area (TPSA) is 35.2 Å². The Balaban J connectivity index is 2.59. The van der Waals surface area contributed by atoms with Crippen LogP contribution in [0.2, 0.25) is 0 Å². The second-order valence-electron chi connectivity index (χ2n) is 3.39. The van der Waals surface area contributed by atoms with Crippen LogP contribution < -0.4 is 10.5 Å². The molecule has 0 saturated heterocycles. The van der Waals surface area contributed by atoms with E-state index in [9.17, 15) is 4.39 Å². The third-order valence-corrected chi connectivity index (χ3v) is 2.16. The Labute approximate surface area is 95.6 Å². The molecule has 0 aliphatic carbocycles. The molecule has 2 N–H and O–H groups in total. The molecule has 16 heavy (non-hydrogen) atoms. The van der Waals surface area contributed by atoms with Gasteiger partial charge in [-0.1, -0.05) is 11.8 Å². The van der Waals surface area contributed by atoms with Crippen LogP contribution in [0.4, 0.5) is 4.39 Å². The Morgan fingerprint density at radius 2 is 2.19 bits per heavy atom. The molecule has 0 radical (unpaired) electrons. The highest BCUT2D eigenvalue weighted by atomic mass is 19.1. The number of halogens is 1. The van der Waals surface area contributed by atoms with E-state index in [2.05, 4.69) is 11.8 Å². The average molecular weight is 221 g/mol. The molecule has 1 aromatic carbocycles. The van der Waals surface area contributed by atoms with E-state index in [-0.39, 0.29) is 5.82 Å². The van der Waals surface area contributed by atoms with Gasteiger partial charge in [0.2, 0.25) is 0 Å².